The maximum absolute atomic E-state index is 13.2. The Bertz CT molecular complexity index is 1300. The van der Waals surface area contributed by atoms with Crippen LogP contribution >= 0.6 is 0 Å². The van der Waals surface area contributed by atoms with Crippen LogP contribution in [0.25, 0.3) is 0 Å². The summed E-state index contributed by atoms with van der Waals surface area (Å²) in [5, 5.41) is 11.5. The molecule has 2 aliphatic rings. The lowest BCUT2D eigenvalue weighted by atomic mass is 9.95. The van der Waals surface area contributed by atoms with Crippen molar-refractivity contribution in [2.24, 2.45) is 0 Å². The van der Waals surface area contributed by atoms with E-state index in [0.29, 0.717) is 24.2 Å². The average Bonchev–Trinajstić information content (AvgIpc) is 3.03. The lowest BCUT2D eigenvalue weighted by Crippen LogP contribution is -2.66. The molecule has 2 heterocycles. The summed E-state index contributed by atoms with van der Waals surface area (Å²) in [6.45, 7) is 1.03. The zero-order valence-electron chi connectivity index (χ0n) is 22.5. The fourth-order valence-electron chi connectivity index (χ4n) is 5.12. The molecule has 0 aromatic heterocycles. The molecule has 2 saturated heterocycles. The number of aliphatic hydroxyl groups is 1. The van der Waals surface area contributed by atoms with E-state index in [1.54, 1.807) is 91.0 Å². The van der Waals surface area contributed by atoms with Gasteiger partial charge in [0, 0.05) is 13.1 Å². The molecule has 0 aliphatic carbocycles. The van der Waals surface area contributed by atoms with Gasteiger partial charge in [-0.15, -0.1) is 0 Å². The highest BCUT2D eigenvalue weighted by atomic mass is 16.6. The van der Waals surface area contributed by atoms with Gasteiger partial charge in [0.15, 0.2) is 18.4 Å². The van der Waals surface area contributed by atoms with Gasteiger partial charge < -0.3 is 24.1 Å². The molecule has 0 radical (unpaired) electrons. The third-order valence-corrected chi connectivity index (χ3v) is 7.28. The number of rotatable bonds is 8. The second-order valence-electron chi connectivity index (χ2n) is 10.1. The second kappa shape index (κ2) is 13.5. The first-order valence-electron chi connectivity index (χ1n) is 13.8. The molecule has 214 valence electrons. The summed E-state index contributed by atoms with van der Waals surface area (Å²) in [5.74, 6) is -1.90. The number of nitrogens with zero attached hydrogens (tertiary/aromatic N) is 1. The molecule has 2 fully saturated rings. The zero-order chi connectivity index (χ0) is 28.6. The Hall–Kier alpha value is -4.05. The van der Waals surface area contributed by atoms with Gasteiger partial charge in [-0.3, -0.25) is 4.90 Å². The lowest BCUT2D eigenvalue weighted by molar-refractivity contribution is -0.265. The van der Waals surface area contributed by atoms with Gasteiger partial charge in [-0.2, -0.15) is 0 Å². The van der Waals surface area contributed by atoms with Crippen molar-refractivity contribution in [2.75, 3.05) is 19.7 Å². The minimum atomic E-state index is -1.46. The van der Waals surface area contributed by atoms with Crippen LogP contribution in [0.2, 0.25) is 0 Å². The van der Waals surface area contributed by atoms with Crippen molar-refractivity contribution in [3.05, 3.63) is 108 Å². The number of aliphatic hydroxyl groups excluding tert-OH is 1. The Morgan fingerprint density at radius 1 is 0.683 bits per heavy atom. The van der Waals surface area contributed by atoms with Crippen LogP contribution in [0.1, 0.15) is 50.3 Å². The first-order chi connectivity index (χ1) is 20.0. The van der Waals surface area contributed by atoms with E-state index in [1.165, 1.54) is 0 Å². The molecule has 9 heteroatoms. The van der Waals surface area contributed by atoms with Crippen LogP contribution in [-0.2, 0) is 18.9 Å². The highest BCUT2D eigenvalue weighted by Crippen LogP contribution is 2.31. The Kier molecular flexibility index (Phi) is 9.40. The molecule has 5 rings (SSSR count). The molecule has 41 heavy (non-hydrogen) atoms. The Balaban J connectivity index is 1.43. The number of carbonyl (C=O) groups excluding carboxylic acids is 3. The predicted octanol–water partition coefficient (Wildman–Crippen LogP) is 3.87. The third kappa shape index (κ3) is 7.00. The average molecular weight is 560 g/mol. The highest BCUT2D eigenvalue weighted by molar-refractivity contribution is 5.90. The van der Waals surface area contributed by atoms with Crippen molar-refractivity contribution in [2.45, 2.75) is 49.9 Å². The van der Waals surface area contributed by atoms with Crippen LogP contribution in [-0.4, -0.2) is 78.3 Å². The van der Waals surface area contributed by atoms with Crippen molar-refractivity contribution < 1.29 is 38.4 Å². The monoisotopic (exact) mass is 559 g/mol. The van der Waals surface area contributed by atoms with E-state index in [1.807, 2.05) is 4.90 Å². The minimum absolute atomic E-state index is 0.279. The summed E-state index contributed by atoms with van der Waals surface area (Å²) < 4.78 is 23.7. The van der Waals surface area contributed by atoms with E-state index in [-0.39, 0.29) is 12.2 Å². The Labute approximate surface area is 238 Å². The van der Waals surface area contributed by atoms with Crippen LogP contribution in [0.15, 0.2) is 91.0 Å². The second-order valence-corrected chi connectivity index (χ2v) is 10.1. The van der Waals surface area contributed by atoms with Gasteiger partial charge in [-0.05, 0) is 49.2 Å². The maximum Gasteiger partial charge on any atom is 0.338 e. The van der Waals surface area contributed by atoms with Gasteiger partial charge in [-0.1, -0.05) is 61.0 Å². The van der Waals surface area contributed by atoms with Gasteiger partial charge in [0.1, 0.15) is 18.8 Å². The van der Waals surface area contributed by atoms with Gasteiger partial charge in [0.05, 0.1) is 16.7 Å². The van der Waals surface area contributed by atoms with Gasteiger partial charge in [0.25, 0.3) is 0 Å². The van der Waals surface area contributed by atoms with Crippen molar-refractivity contribution in [3.8, 4) is 0 Å². The zero-order valence-corrected chi connectivity index (χ0v) is 22.5. The van der Waals surface area contributed by atoms with E-state index < -0.39 is 48.6 Å². The van der Waals surface area contributed by atoms with Crippen molar-refractivity contribution in [1.82, 2.24) is 4.90 Å². The molecule has 0 spiro atoms. The summed E-state index contributed by atoms with van der Waals surface area (Å²) >= 11 is 0. The number of hydrogen-bond acceptors (Lipinski definition) is 9. The number of ether oxygens (including phenoxy) is 4. The number of hydrogen-bond donors (Lipinski definition) is 1. The first-order valence-corrected chi connectivity index (χ1v) is 13.8. The van der Waals surface area contributed by atoms with Gasteiger partial charge in [-0.25, -0.2) is 14.4 Å². The molecule has 3 aromatic carbocycles. The fourth-order valence-corrected chi connectivity index (χ4v) is 5.12. The van der Waals surface area contributed by atoms with Crippen molar-refractivity contribution >= 4 is 17.9 Å². The summed E-state index contributed by atoms with van der Waals surface area (Å²) in [6, 6.07) is 25.3. The summed E-state index contributed by atoms with van der Waals surface area (Å²) in [7, 11) is 0. The molecular weight excluding hydrogens is 526 g/mol. The predicted molar refractivity (Wildman–Crippen MR) is 148 cm³/mol. The van der Waals surface area contributed by atoms with E-state index >= 15 is 0 Å². The van der Waals surface area contributed by atoms with Crippen LogP contribution in [0.4, 0.5) is 0 Å². The lowest BCUT2D eigenvalue weighted by Gasteiger charge is -2.47. The van der Waals surface area contributed by atoms with E-state index in [9.17, 15) is 19.5 Å². The fraction of sp³-hybridized carbons (Fsp3) is 0.344. The van der Waals surface area contributed by atoms with E-state index in [0.717, 1.165) is 19.3 Å². The van der Waals surface area contributed by atoms with E-state index in [4.69, 9.17) is 18.9 Å². The first kappa shape index (κ1) is 28.5. The molecule has 1 N–H and O–H groups in total. The van der Waals surface area contributed by atoms with Crippen molar-refractivity contribution in [3.63, 3.8) is 0 Å². The van der Waals surface area contributed by atoms with Crippen LogP contribution in [0.3, 0.4) is 0 Å². The summed E-state index contributed by atoms with van der Waals surface area (Å²) in [6.07, 6.45) is -2.93. The Morgan fingerprint density at radius 2 is 1.15 bits per heavy atom. The topological polar surface area (TPSA) is 112 Å². The van der Waals surface area contributed by atoms with Gasteiger partial charge in [0.2, 0.25) is 0 Å². The van der Waals surface area contributed by atoms with Crippen LogP contribution in [0.5, 0.6) is 0 Å². The molecular formula is C32H33NO8. The normalized spacial score (nSPS) is 24.7. The minimum Gasteiger partial charge on any atom is -0.459 e. The standard InChI is InChI=1S/C32H33NO8/c34-26-25(21-38-30(35)22-13-5-1-6-14-22)39-29(33-19-11-4-12-20-33)28(41-32(37)24-17-9-3-10-18-24)27(26)40-31(36)23-15-7-2-8-16-23/h1-3,5-10,13-18,25-29,34H,4,11-12,19-21H2/t25-,26-,27+,28-,29-/m1/s1. The molecule has 2 aliphatic heterocycles. The molecule has 3 aromatic rings. The summed E-state index contributed by atoms with van der Waals surface area (Å²) in [5.41, 5.74) is 0.944. The molecule has 5 atom stereocenters. The number of piperidine rings is 1. The molecule has 0 amide bonds. The van der Waals surface area contributed by atoms with Gasteiger partial charge >= 0.3 is 17.9 Å². The number of benzene rings is 3. The SMILES string of the molecule is O=C(OC[C@H]1O[C@@H](N2CCCCC2)[C@H](OC(=O)c2ccccc2)[C@@H](OC(=O)c2ccccc2)[C@@H]1O)c1ccccc1. The number of carbonyl (C=O) groups is 3. The quantitative estimate of drug-likeness (QED) is 0.325. The molecule has 9 nitrogen and oxygen atoms in total. The maximum atomic E-state index is 13.2. The smallest absolute Gasteiger partial charge is 0.338 e. The number of likely N-dealkylation sites (tertiary alicyclic amines) is 1. The highest BCUT2D eigenvalue weighted by Gasteiger charge is 2.52. The largest absolute Gasteiger partial charge is 0.459 e. The molecule has 0 unspecified atom stereocenters. The third-order valence-electron chi connectivity index (χ3n) is 7.28. The van der Waals surface area contributed by atoms with E-state index in [2.05, 4.69) is 0 Å². The van der Waals surface area contributed by atoms with Crippen molar-refractivity contribution in [1.29, 1.82) is 0 Å². The molecule has 0 saturated carbocycles. The Morgan fingerprint density at radius 3 is 1.66 bits per heavy atom. The van der Waals surface area contributed by atoms with Crippen LogP contribution < -0.4 is 0 Å². The summed E-state index contributed by atoms with van der Waals surface area (Å²) in [4.78, 5) is 41.1. The van der Waals surface area contributed by atoms with Crippen LogP contribution in [0, 0.1) is 0 Å². The number of esters is 3. The molecule has 0 bridgehead atoms.